The van der Waals surface area contributed by atoms with Crippen LogP contribution < -0.4 is 20.9 Å². The van der Waals surface area contributed by atoms with Gasteiger partial charge in [-0.2, -0.15) is 0 Å². The molecule has 0 fully saturated rings. The molecule has 0 unspecified atom stereocenters. The normalized spacial score (nSPS) is 11.5. The number of hydrogen-bond acceptors (Lipinski definition) is 8. The Morgan fingerprint density at radius 3 is 2.58 bits per heavy atom. The van der Waals surface area contributed by atoms with Crippen LogP contribution in [0.15, 0.2) is 48.7 Å². The molecule has 0 spiro atoms. The number of fused-ring (bicyclic) bond motifs is 1. The molecule has 0 aliphatic heterocycles. The zero-order valence-corrected chi connectivity index (χ0v) is 20.1. The summed E-state index contributed by atoms with van der Waals surface area (Å²) < 4.78 is 60.2. The first-order valence-electron chi connectivity index (χ1n) is 11.0. The number of nitrogens with zero attached hydrogens (tertiary/aromatic N) is 3. The summed E-state index contributed by atoms with van der Waals surface area (Å²) in [7, 11) is -3.92. The van der Waals surface area contributed by atoms with Crippen molar-refractivity contribution in [2.24, 2.45) is 0 Å². The average Bonchev–Trinajstić information content (AvgIpc) is 2.85. The molecule has 0 saturated heterocycles. The molecule has 4 aromatic rings. The molecule has 2 aromatic heterocycles. The summed E-state index contributed by atoms with van der Waals surface area (Å²) in [4.78, 5) is 13.0. The number of anilines is 3. The van der Waals surface area contributed by atoms with Gasteiger partial charge in [-0.1, -0.05) is 12.1 Å². The van der Waals surface area contributed by atoms with Crippen molar-refractivity contribution in [3.8, 4) is 28.3 Å². The maximum atomic E-state index is 15.4. The van der Waals surface area contributed by atoms with Crippen LogP contribution in [0.5, 0.6) is 5.75 Å². The number of nitrogen functional groups attached to an aromatic ring is 2. The Morgan fingerprint density at radius 1 is 1.08 bits per heavy atom. The van der Waals surface area contributed by atoms with Gasteiger partial charge in [-0.15, -0.1) is 0 Å². The molecular weight excluding hydrogens is 490 g/mol. The fourth-order valence-electron chi connectivity index (χ4n) is 3.61. The van der Waals surface area contributed by atoms with Gasteiger partial charge in [0.2, 0.25) is 10.0 Å². The zero-order valence-electron chi connectivity index (χ0n) is 19.3. The number of pyridine rings is 1. The summed E-state index contributed by atoms with van der Waals surface area (Å²) in [6.07, 6.45) is 1.34. The van der Waals surface area contributed by atoms with Crippen molar-refractivity contribution in [2.75, 3.05) is 35.2 Å². The maximum absolute atomic E-state index is 15.4. The lowest BCUT2D eigenvalue weighted by Gasteiger charge is -2.15. The van der Waals surface area contributed by atoms with Crippen LogP contribution in [0.4, 0.5) is 26.1 Å². The van der Waals surface area contributed by atoms with Gasteiger partial charge in [-0.3, -0.25) is 9.11 Å². The quantitative estimate of drug-likeness (QED) is 0.302. The van der Waals surface area contributed by atoms with E-state index in [4.69, 9.17) is 16.2 Å². The molecule has 4 rings (SSSR count). The first-order chi connectivity index (χ1) is 17.2. The molecule has 0 saturated carbocycles. The minimum Gasteiger partial charge on any atom is -0.492 e. The topological polar surface area (TPSA) is 146 Å². The predicted molar refractivity (Wildman–Crippen MR) is 136 cm³/mol. The van der Waals surface area contributed by atoms with Gasteiger partial charge in [0.25, 0.3) is 0 Å². The van der Waals surface area contributed by atoms with Crippen LogP contribution >= 0.6 is 0 Å². The third-order valence-electron chi connectivity index (χ3n) is 5.26. The lowest BCUT2D eigenvalue weighted by molar-refractivity contribution is 0.344. The van der Waals surface area contributed by atoms with E-state index in [0.29, 0.717) is 46.0 Å². The van der Waals surface area contributed by atoms with Crippen LogP contribution in [0.1, 0.15) is 13.3 Å². The highest BCUT2D eigenvalue weighted by molar-refractivity contribution is 7.92. The monoisotopic (exact) mass is 514 g/mol. The van der Waals surface area contributed by atoms with Gasteiger partial charge in [-0.25, -0.2) is 27.8 Å². The van der Waals surface area contributed by atoms with Gasteiger partial charge in [0, 0.05) is 22.7 Å². The van der Waals surface area contributed by atoms with Crippen LogP contribution in [0.2, 0.25) is 0 Å². The number of aromatic nitrogens is 3. The van der Waals surface area contributed by atoms with E-state index in [2.05, 4.69) is 19.7 Å². The summed E-state index contributed by atoms with van der Waals surface area (Å²) in [6, 6.07) is 10.8. The number of ether oxygens (including phenoxy) is 1. The van der Waals surface area contributed by atoms with Crippen molar-refractivity contribution < 1.29 is 21.9 Å². The number of nitrogens with two attached hydrogens (primary N) is 2. The summed E-state index contributed by atoms with van der Waals surface area (Å²) in [6.45, 7) is 1.31. The number of alkyl halides is 1. The summed E-state index contributed by atoms with van der Waals surface area (Å²) in [5, 5.41) is 0.427. The number of nitrogens with one attached hydrogen (secondary N) is 1. The molecule has 36 heavy (non-hydrogen) atoms. The van der Waals surface area contributed by atoms with Crippen LogP contribution in [0.3, 0.4) is 0 Å². The molecule has 0 atom stereocenters. The predicted octanol–water partition coefficient (Wildman–Crippen LogP) is 4.16. The highest BCUT2D eigenvalue weighted by Crippen LogP contribution is 2.37. The van der Waals surface area contributed by atoms with Crippen molar-refractivity contribution in [1.29, 1.82) is 0 Å². The second kappa shape index (κ2) is 10.3. The molecule has 12 heteroatoms. The van der Waals surface area contributed by atoms with Crippen LogP contribution in [0.25, 0.3) is 33.4 Å². The van der Waals surface area contributed by atoms with Gasteiger partial charge in [0.15, 0.2) is 11.6 Å². The fourth-order valence-corrected chi connectivity index (χ4v) is 4.69. The number of rotatable bonds is 9. The third-order valence-corrected chi connectivity index (χ3v) is 6.62. The second-order valence-corrected chi connectivity index (χ2v) is 9.68. The van der Waals surface area contributed by atoms with Crippen LogP contribution in [0, 0.1) is 5.82 Å². The Morgan fingerprint density at radius 2 is 1.89 bits per heavy atom. The van der Waals surface area contributed by atoms with Crippen molar-refractivity contribution in [3.63, 3.8) is 0 Å². The van der Waals surface area contributed by atoms with E-state index in [0.717, 1.165) is 0 Å². The van der Waals surface area contributed by atoms with Gasteiger partial charge >= 0.3 is 0 Å². The molecule has 188 valence electrons. The van der Waals surface area contributed by atoms with Crippen molar-refractivity contribution >= 4 is 38.2 Å². The lowest BCUT2D eigenvalue weighted by Crippen LogP contribution is -2.18. The Kier molecular flexibility index (Phi) is 7.15. The molecular formula is C24H24F2N6O3S. The number of benzene rings is 2. The van der Waals surface area contributed by atoms with E-state index < -0.39 is 28.3 Å². The van der Waals surface area contributed by atoms with Crippen molar-refractivity contribution in [3.05, 3.63) is 54.5 Å². The molecule has 0 amide bonds. The molecule has 2 heterocycles. The molecule has 2 aromatic carbocycles. The third kappa shape index (κ3) is 5.28. The van der Waals surface area contributed by atoms with Crippen molar-refractivity contribution in [1.82, 2.24) is 15.0 Å². The summed E-state index contributed by atoms with van der Waals surface area (Å²) in [5.74, 6) is -0.113. The summed E-state index contributed by atoms with van der Waals surface area (Å²) in [5.41, 5.74) is 13.2. The van der Waals surface area contributed by atoms with E-state index >= 15 is 4.39 Å². The van der Waals surface area contributed by atoms with Crippen molar-refractivity contribution in [2.45, 2.75) is 13.3 Å². The molecule has 9 nitrogen and oxygen atoms in total. The molecule has 0 aliphatic rings. The van der Waals surface area contributed by atoms with Gasteiger partial charge in [0.1, 0.15) is 22.9 Å². The van der Waals surface area contributed by atoms with E-state index in [9.17, 15) is 12.8 Å². The molecule has 0 bridgehead atoms. The SMILES string of the molecule is CCOc1cc(-c2cccc(NS(=O)(=O)CCCF)c2F)cc2c(N)nc(-c3ccc(N)nc3)nc12. The minimum atomic E-state index is -3.92. The largest absolute Gasteiger partial charge is 0.492 e. The number of sulfonamides is 1. The second-order valence-electron chi connectivity index (χ2n) is 7.84. The van der Waals surface area contributed by atoms with E-state index in [1.807, 2.05) is 0 Å². The zero-order chi connectivity index (χ0) is 25.9. The number of hydrogen-bond donors (Lipinski definition) is 3. The fraction of sp³-hybridized carbons (Fsp3) is 0.208. The van der Waals surface area contributed by atoms with Gasteiger partial charge in [0.05, 0.1) is 24.7 Å². The Labute approximate surface area is 206 Å². The van der Waals surface area contributed by atoms with E-state index in [1.54, 1.807) is 31.2 Å². The van der Waals surface area contributed by atoms with Crippen LogP contribution in [-0.4, -0.2) is 42.4 Å². The average molecular weight is 515 g/mol. The summed E-state index contributed by atoms with van der Waals surface area (Å²) >= 11 is 0. The smallest absolute Gasteiger partial charge is 0.232 e. The lowest BCUT2D eigenvalue weighted by atomic mass is 10.0. The first kappa shape index (κ1) is 25.0. The molecule has 0 aliphatic carbocycles. The maximum Gasteiger partial charge on any atom is 0.232 e. The minimum absolute atomic E-state index is 0.106. The highest BCUT2D eigenvalue weighted by Gasteiger charge is 2.19. The molecule has 5 N–H and O–H groups in total. The number of halogens is 2. The Bertz CT molecular complexity index is 1520. The van der Waals surface area contributed by atoms with E-state index in [1.165, 1.54) is 24.4 Å². The van der Waals surface area contributed by atoms with Gasteiger partial charge < -0.3 is 16.2 Å². The van der Waals surface area contributed by atoms with Gasteiger partial charge in [-0.05, 0) is 49.2 Å². The van der Waals surface area contributed by atoms with Crippen LogP contribution in [-0.2, 0) is 10.0 Å². The first-order valence-corrected chi connectivity index (χ1v) is 12.7. The van der Waals surface area contributed by atoms with E-state index in [-0.39, 0.29) is 23.5 Å². The highest BCUT2D eigenvalue weighted by atomic mass is 32.2. The Balaban J connectivity index is 1.82. The Hall–Kier alpha value is -4.06. The molecule has 0 radical (unpaired) electrons. The standard InChI is InChI=1S/C24H24F2N6O3S/c1-2-35-19-12-15(16-5-3-6-18(21(16)26)32-36(33,34)10-4-9-25)11-17-22(19)30-24(31-23(17)28)14-7-8-20(27)29-13-14/h3,5-8,11-13,32H,2,4,9-10H2,1H3,(H2,27,29)(H2,28,30,31).